The van der Waals surface area contributed by atoms with Crippen LogP contribution in [0, 0.1) is 12.7 Å². The van der Waals surface area contributed by atoms with Crippen LogP contribution in [0.4, 0.5) is 4.39 Å². The molecule has 30 heavy (non-hydrogen) atoms. The Labute approximate surface area is 172 Å². The van der Waals surface area contributed by atoms with Gasteiger partial charge < -0.3 is 0 Å². The summed E-state index contributed by atoms with van der Waals surface area (Å²) in [5, 5.41) is 8.72. The molecule has 4 aromatic rings. The zero-order valence-corrected chi connectivity index (χ0v) is 16.2. The van der Waals surface area contributed by atoms with Gasteiger partial charge in [0.1, 0.15) is 11.5 Å². The van der Waals surface area contributed by atoms with Gasteiger partial charge in [0.05, 0.1) is 17.5 Å². The second-order valence-electron chi connectivity index (χ2n) is 6.66. The largest absolute Gasteiger partial charge is 0.272 e. The highest BCUT2D eigenvalue weighted by Gasteiger charge is 2.12. The molecule has 0 saturated carbocycles. The zero-order valence-electron chi connectivity index (χ0n) is 16.2. The Morgan fingerprint density at radius 3 is 2.57 bits per heavy atom. The maximum Gasteiger partial charge on any atom is 0.272 e. The first kappa shape index (κ1) is 19.2. The van der Waals surface area contributed by atoms with E-state index in [9.17, 15) is 9.18 Å². The summed E-state index contributed by atoms with van der Waals surface area (Å²) < 4.78 is 14.9. The van der Waals surface area contributed by atoms with Gasteiger partial charge in [-0.1, -0.05) is 29.8 Å². The van der Waals surface area contributed by atoms with Gasteiger partial charge in [-0.25, -0.2) is 14.5 Å². The Balaban J connectivity index is 1.65. The quantitative estimate of drug-likeness (QED) is 0.405. The van der Waals surface area contributed by atoms with Crippen LogP contribution in [-0.4, -0.2) is 26.9 Å². The summed E-state index contributed by atoms with van der Waals surface area (Å²) in [6.07, 6.45) is 6.38. The van der Waals surface area contributed by atoms with Crippen molar-refractivity contribution in [2.75, 3.05) is 0 Å². The van der Waals surface area contributed by atoms with Crippen molar-refractivity contribution >= 4 is 12.1 Å². The van der Waals surface area contributed by atoms with Crippen LogP contribution in [-0.2, 0) is 0 Å². The van der Waals surface area contributed by atoms with Gasteiger partial charge in [-0.15, -0.1) is 0 Å². The predicted molar refractivity (Wildman–Crippen MR) is 113 cm³/mol. The van der Waals surface area contributed by atoms with Crippen molar-refractivity contribution in [2.24, 2.45) is 5.10 Å². The smallest absolute Gasteiger partial charge is 0.267 e. The third-order valence-corrected chi connectivity index (χ3v) is 4.45. The topological polar surface area (TPSA) is 72.2 Å². The lowest BCUT2D eigenvalue weighted by atomic mass is 10.1. The second-order valence-corrected chi connectivity index (χ2v) is 6.66. The van der Waals surface area contributed by atoms with Crippen molar-refractivity contribution in [3.8, 4) is 16.9 Å². The molecule has 1 amide bonds. The molecule has 0 spiro atoms. The third kappa shape index (κ3) is 4.30. The van der Waals surface area contributed by atoms with E-state index in [-0.39, 0.29) is 11.7 Å². The molecule has 4 rings (SSSR count). The molecule has 0 unspecified atom stereocenters. The fourth-order valence-corrected chi connectivity index (χ4v) is 2.87. The van der Waals surface area contributed by atoms with E-state index in [1.54, 1.807) is 41.3 Å². The van der Waals surface area contributed by atoms with Crippen molar-refractivity contribution in [2.45, 2.75) is 6.92 Å². The number of rotatable bonds is 5. The van der Waals surface area contributed by atoms with E-state index in [1.807, 2.05) is 31.2 Å². The van der Waals surface area contributed by atoms with Crippen LogP contribution in [0.1, 0.15) is 21.5 Å². The minimum Gasteiger partial charge on any atom is -0.267 e. The minimum absolute atomic E-state index is 0.315. The Kier molecular flexibility index (Phi) is 5.43. The lowest BCUT2D eigenvalue weighted by Gasteiger charge is -2.01. The highest BCUT2D eigenvalue weighted by atomic mass is 19.1. The van der Waals surface area contributed by atoms with Crippen LogP contribution in [0.3, 0.4) is 0 Å². The van der Waals surface area contributed by atoms with Gasteiger partial charge in [-0.3, -0.25) is 9.78 Å². The number of hydrogen-bond donors (Lipinski definition) is 1. The summed E-state index contributed by atoms with van der Waals surface area (Å²) in [7, 11) is 0. The van der Waals surface area contributed by atoms with Gasteiger partial charge in [0.25, 0.3) is 5.91 Å². The summed E-state index contributed by atoms with van der Waals surface area (Å²) in [5.41, 5.74) is 7.06. The number of hydrogen-bond acceptors (Lipinski definition) is 4. The van der Waals surface area contributed by atoms with Crippen LogP contribution in [0.5, 0.6) is 0 Å². The Morgan fingerprint density at radius 1 is 1.10 bits per heavy atom. The van der Waals surface area contributed by atoms with Gasteiger partial charge in [-0.2, -0.15) is 10.2 Å². The highest BCUT2D eigenvalue weighted by Crippen LogP contribution is 2.23. The van der Waals surface area contributed by atoms with E-state index in [1.165, 1.54) is 24.5 Å². The monoisotopic (exact) mass is 399 g/mol. The zero-order chi connectivity index (χ0) is 20.9. The molecular formula is C23H18FN5O. The summed E-state index contributed by atoms with van der Waals surface area (Å²) in [6, 6.07) is 17.3. The number of hydrazone groups is 1. The number of benzene rings is 2. The van der Waals surface area contributed by atoms with Crippen LogP contribution in [0.2, 0.25) is 0 Å². The average molecular weight is 399 g/mol. The summed E-state index contributed by atoms with van der Waals surface area (Å²) in [4.78, 5) is 16.1. The predicted octanol–water partition coefficient (Wildman–Crippen LogP) is 4.15. The molecule has 2 heterocycles. The van der Waals surface area contributed by atoms with Gasteiger partial charge in [-0.05, 0) is 43.3 Å². The molecule has 0 bridgehead atoms. The van der Waals surface area contributed by atoms with Gasteiger partial charge in [0, 0.05) is 29.7 Å². The standard InChI is InChI=1S/C23H18FN5O/c1-16-4-6-17(7-5-16)22-19(14-26-27-23(30)18-3-2-12-25-13-18)15-29(28-22)21-10-8-20(24)9-11-21/h2-15H,1H3,(H,27,30)/b26-14-. The molecule has 0 radical (unpaired) electrons. The molecular weight excluding hydrogens is 381 g/mol. The van der Waals surface area contributed by atoms with Crippen molar-refractivity contribution in [1.29, 1.82) is 0 Å². The Morgan fingerprint density at radius 2 is 1.87 bits per heavy atom. The number of carbonyl (C=O) groups excluding carboxylic acids is 1. The molecule has 2 aromatic heterocycles. The molecule has 2 aromatic carbocycles. The van der Waals surface area contributed by atoms with E-state index in [4.69, 9.17) is 0 Å². The number of aryl methyl sites for hydroxylation is 1. The molecule has 0 atom stereocenters. The Bertz CT molecular complexity index is 1180. The van der Waals surface area contributed by atoms with Gasteiger partial charge in [0.2, 0.25) is 0 Å². The average Bonchev–Trinajstić information content (AvgIpc) is 3.19. The number of halogens is 1. The molecule has 0 fully saturated rings. The number of pyridine rings is 1. The van der Waals surface area contributed by atoms with E-state index in [0.29, 0.717) is 22.5 Å². The minimum atomic E-state index is -0.359. The van der Waals surface area contributed by atoms with Crippen LogP contribution < -0.4 is 5.43 Å². The summed E-state index contributed by atoms with van der Waals surface area (Å²) in [5.74, 6) is -0.674. The molecule has 0 aliphatic heterocycles. The molecule has 0 aliphatic rings. The van der Waals surface area contributed by atoms with Crippen molar-refractivity contribution in [3.05, 3.63) is 102 Å². The van der Waals surface area contributed by atoms with Crippen LogP contribution >= 0.6 is 0 Å². The maximum atomic E-state index is 13.3. The number of nitrogens with one attached hydrogen (secondary N) is 1. The second kappa shape index (κ2) is 8.48. The maximum absolute atomic E-state index is 13.3. The third-order valence-electron chi connectivity index (χ3n) is 4.45. The highest BCUT2D eigenvalue weighted by molar-refractivity contribution is 5.95. The van der Waals surface area contributed by atoms with Gasteiger partial charge in [0.15, 0.2) is 0 Å². The van der Waals surface area contributed by atoms with E-state index in [0.717, 1.165) is 11.1 Å². The first-order chi connectivity index (χ1) is 14.6. The van der Waals surface area contributed by atoms with E-state index in [2.05, 4.69) is 20.6 Å². The fraction of sp³-hybridized carbons (Fsp3) is 0.0435. The van der Waals surface area contributed by atoms with Crippen molar-refractivity contribution < 1.29 is 9.18 Å². The Hall–Kier alpha value is -4.13. The van der Waals surface area contributed by atoms with Gasteiger partial charge >= 0.3 is 0 Å². The first-order valence-electron chi connectivity index (χ1n) is 9.26. The van der Waals surface area contributed by atoms with E-state index >= 15 is 0 Å². The summed E-state index contributed by atoms with van der Waals surface area (Å²) in [6.45, 7) is 2.01. The van der Waals surface area contributed by atoms with Crippen LogP contribution in [0.25, 0.3) is 16.9 Å². The molecule has 7 heteroatoms. The molecule has 0 saturated heterocycles. The fourth-order valence-electron chi connectivity index (χ4n) is 2.87. The molecule has 0 aliphatic carbocycles. The first-order valence-corrected chi connectivity index (χ1v) is 9.26. The van der Waals surface area contributed by atoms with E-state index < -0.39 is 0 Å². The van der Waals surface area contributed by atoms with Crippen molar-refractivity contribution in [3.63, 3.8) is 0 Å². The number of carbonyl (C=O) groups is 1. The number of aromatic nitrogens is 3. The molecule has 6 nitrogen and oxygen atoms in total. The number of nitrogens with zero attached hydrogens (tertiary/aromatic N) is 4. The molecule has 148 valence electrons. The number of amides is 1. The van der Waals surface area contributed by atoms with Crippen LogP contribution in [0.15, 0.2) is 84.4 Å². The normalized spacial score (nSPS) is 11.0. The lowest BCUT2D eigenvalue weighted by molar-refractivity contribution is 0.0955. The summed E-state index contributed by atoms with van der Waals surface area (Å²) >= 11 is 0. The molecule has 1 N–H and O–H groups in total. The van der Waals surface area contributed by atoms with Crippen molar-refractivity contribution in [1.82, 2.24) is 20.2 Å². The SMILES string of the molecule is Cc1ccc(-c2nn(-c3ccc(F)cc3)cc2/C=N\NC(=O)c2cccnc2)cc1. The lowest BCUT2D eigenvalue weighted by Crippen LogP contribution is -2.17.